The van der Waals surface area contributed by atoms with E-state index in [0.717, 1.165) is 22.3 Å². The topological polar surface area (TPSA) is 105 Å². The SMILES string of the molecule is C=CCC(NC(=O)OCC1c2ccccc2-c2ccccc21)C(=O)NCCCC(C)C(=O)O. The van der Waals surface area contributed by atoms with Gasteiger partial charge < -0.3 is 20.5 Å². The van der Waals surface area contributed by atoms with Crippen molar-refractivity contribution in [1.82, 2.24) is 10.6 Å². The molecule has 0 radical (unpaired) electrons. The number of benzene rings is 2. The Morgan fingerprint density at radius 3 is 2.27 bits per heavy atom. The van der Waals surface area contributed by atoms with Gasteiger partial charge in [-0.25, -0.2) is 4.79 Å². The standard InChI is InChI=1S/C26H30N2O5/c1-3-9-23(24(29)27-15-8-10-17(2)25(30)31)28-26(32)33-16-22-20-13-6-4-11-18(20)19-12-5-7-14-21(19)22/h3-7,11-14,17,22-23H,1,8-10,15-16H2,2H3,(H,27,29)(H,28,32)(H,30,31). The van der Waals surface area contributed by atoms with Crippen LogP contribution in [0.15, 0.2) is 61.2 Å². The van der Waals surface area contributed by atoms with Crippen LogP contribution in [0, 0.1) is 5.92 Å². The van der Waals surface area contributed by atoms with Crippen LogP contribution in [0.5, 0.6) is 0 Å². The third-order valence-corrected chi connectivity index (χ3v) is 5.89. The van der Waals surface area contributed by atoms with Gasteiger partial charge in [0.1, 0.15) is 12.6 Å². The molecule has 3 N–H and O–H groups in total. The predicted octanol–water partition coefficient (Wildman–Crippen LogP) is 4.09. The number of ether oxygens (including phenoxy) is 1. The van der Waals surface area contributed by atoms with Crippen LogP contribution in [-0.2, 0) is 14.3 Å². The van der Waals surface area contributed by atoms with Crippen molar-refractivity contribution in [1.29, 1.82) is 0 Å². The van der Waals surface area contributed by atoms with Crippen molar-refractivity contribution < 1.29 is 24.2 Å². The summed E-state index contributed by atoms with van der Waals surface area (Å²) in [6, 6.07) is 15.3. The van der Waals surface area contributed by atoms with Crippen LogP contribution in [0.3, 0.4) is 0 Å². The lowest BCUT2D eigenvalue weighted by Crippen LogP contribution is -2.47. The molecule has 1 aliphatic rings. The van der Waals surface area contributed by atoms with E-state index in [2.05, 4.69) is 29.3 Å². The minimum atomic E-state index is -0.859. The van der Waals surface area contributed by atoms with Crippen molar-refractivity contribution in [3.8, 4) is 11.1 Å². The van der Waals surface area contributed by atoms with Gasteiger partial charge in [0.25, 0.3) is 0 Å². The van der Waals surface area contributed by atoms with E-state index in [0.29, 0.717) is 19.4 Å². The van der Waals surface area contributed by atoms with E-state index in [-0.39, 0.29) is 24.9 Å². The van der Waals surface area contributed by atoms with Crippen LogP contribution in [0.2, 0.25) is 0 Å². The van der Waals surface area contributed by atoms with Crippen LogP contribution in [0.25, 0.3) is 11.1 Å². The predicted molar refractivity (Wildman–Crippen MR) is 126 cm³/mol. The number of alkyl carbamates (subject to hydrolysis) is 1. The summed E-state index contributed by atoms with van der Waals surface area (Å²) in [5, 5.41) is 14.3. The number of carbonyl (C=O) groups excluding carboxylic acids is 2. The molecule has 0 saturated carbocycles. The number of carboxylic acid groups (broad SMARTS) is 1. The summed E-state index contributed by atoms with van der Waals surface area (Å²) in [6.07, 6.45) is 2.13. The Morgan fingerprint density at radius 1 is 1.09 bits per heavy atom. The lowest BCUT2D eigenvalue weighted by Gasteiger charge is -2.19. The molecule has 2 amide bonds. The van der Waals surface area contributed by atoms with Crippen molar-refractivity contribution in [3.63, 3.8) is 0 Å². The van der Waals surface area contributed by atoms with Crippen molar-refractivity contribution in [2.24, 2.45) is 5.92 Å². The summed E-state index contributed by atoms with van der Waals surface area (Å²) in [5.74, 6) is -1.75. The van der Waals surface area contributed by atoms with Gasteiger partial charge in [0.05, 0.1) is 5.92 Å². The highest BCUT2D eigenvalue weighted by Gasteiger charge is 2.29. The number of carboxylic acids is 1. The molecule has 7 nitrogen and oxygen atoms in total. The van der Waals surface area contributed by atoms with E-state index in [1.807, 2.05) is 36.4 Å². The molecule has 174 valence electrons. The zero-order chi connectivity index (χ0) is 23.8. The van der Waals surface area contributed by atoms with E-state index >= 15 is 0 Å². The molecule has 33 heavy (non-hydrogen) atoms. The van der Waals surface area contributed by atoms with Gasteiger partial charge in [-0.3, -0.25) is 9.59 Å². The molecule has 0 saturated heterocycles. The van der Waals surface area contributed by atoms with Crippen LogP contribution >= 0.6 is 0 Å². The maximum absolute atomic E-state index is 12.5. The zero-order valence-corrected chi connectivity index (χ0v) is 18.8. The Morgan fingerprint density at radius 2 is 1.70 bits per heavy atom. The maximum atomic E-state index is 12.5. The quantitative estimate of drug-likeness (QED) is 0.353. The van der Waals surface area contributed by atoms with Gasteiger partial charge >= 0.3 is 12.1 Å². The number of hydrogen-bond acceptors (Lipinski definition) is 4. The Balaban J connectivity index is 1.53. The number of nitrogens with one attached hydrogen (secondary N) is 2. The molecule has 0 aromatic heterocycles. The van der Waals surface area contributed by atoms with Crippen molar-refractivity contribution in [3.05, 3.63) is 72.3 Å². The normalized spacial score (nSPS) is 13.8. The number of carbonyl (C=O) groups is 3. The second kappa shape index (κ2) is 11.3. The van der Waals surface area contributed by atoms with E-state index < -0.39 is 24.0 Å². The van der Waals surface area contributed by atoms with Crippen molar-refractivity contribution >= 4 is 18.0 Å². The molecule has 7 heteroatoms. The summed E-state index contributed by atoms with van der Waals surface area (Å²) in [4.78, 5) is 35.9. The van der Waals surface area contributed by atoms with Crippen LogP contribution in [-0.4, -0.2) is 42.3 Å². The lowest BCUT2D eigenvalue weighted by molar-refractivity contribution is -0.141. The minimum absolute atomic E-state index is 0.0638. The van der Waals surface area contributed by atoms with Gasteiger partial charge in [0, 0.05) is 12.5 Å². The molecule has 0 spiro atoms. The fourth-order valence-electron chi connectivity index (χ4n) is 4.05. The Hall–Kier alpha value is -3.61. The first kappa shape index (κ1) is 24.0. The van der Waals surface area contributed by atoms with Crippen molar-refractivity contribution in [2.45, 2.75) is 38.1 Å². The van der Waals surface area contributed by atoms with Gasteiger partial charge in [-0.2, -0.15) is 0 Å². The van der Waals surface area contributed by atoms with E-state index in [4.69, 9.17) is 9.84 Å². The Bertz CT molecular complexity index is 974. The summed E-state index contributed by atoms with van der Waals surface area (Å²) >= 11 is 0. The van der Waals surface area contributed by atoms with Gasteiger partial charge in [-0.1, -0.05) is 61.5 Å². The molecule has 1 aliphatic carbocycles. The summed E-state index contributed by atoms with van der Waals surface area (Å²) in [6.45, 7) is 5.77. The average molecular weight is 451 g/mol. The molecule has 0 heterocycles. The fourth-order valence-corrected chi connectivity index (χ4v) is 4.05. The second-order valence-electron chi connectivity index (χ2n) is 8.22. The maximum Gasteiger partial charge on any atom is 0.407 e. The van der Waals surface area contributed by atoms with Crippen LogP contribution in [0.1, 0.15) is 43.2 Å². The third-order valence-electron chi connectivity index (χ3n) is 5.89. The fraction of sp³-hybridized carbons (Fsp3) is 0.346. The highest BCUT2D eigenvalue weighted by atomic mass is 16.5. The van der Waals surface area contributed by atoms with Gasteiger partial charge in [0.2, 0.25) is 5.91 Å². The first-order valence-corrected chi connectivity index (χ1v) is 11.1. The molecule has 0 fully saturated rings. The average Bonchev–Trinajstić information content (AvgIpc) is 3.13. The van der Waals surface area contributed by atoms with E-state index in [1.165, 1.54) is 0 Å². The zero-order valence-electron chi connectivity index (χ0n) is 18.8. The van der Waals surface area contributed by atoms with Gasteiger partial charge in [-0.05, 0) is 41.5 Å². The third kappa shape index (κ3) is 6.00. The first-order valence-electron chi connectivity index (χ1n) is 11.1. The van der Waals surface area contributed by atoms with Gasteiger partial charge in [0.15, 0.2) is 0 Å². The monoisotopic (exact) mass is 450 g/mol. The minimum Gasteiger partial charge on any atom is -0.481 e. The first-order chi connectivity index (χ1) is 15.9. The van der Waals surface area contributed by atoms with Crippen LogP contribution in [0.4, 0.5) is 4.79 Å². The highest BCUT2D eigenvalue weighted by Crippen LogP contribution is 2.44. The molecule has 2 aromatic carbocycles. The summed E-state index contributed by atoms with van der Waals surface area (Å²) < 4.78 is 5.52. The number of hydrogen-bond donors (Lipinski definition) is 3. The number of amides is 2. The Labute approximate surface area is 193 Å². The number of rotatable bonds is 11. The number of aliphatic carboxylic acids is 1. The molecule has 2 atom stereocenters. The molecule has 2 unspecified atom stereocenters. The summed E-state index contributed by atoms with van der Waals surface area (Å²) in [7, 11) is 0. The molecule has 3 rings (SSSR count). The molecular weight excluding hydrogens is 420 g/mol. The lowest BCUT2D eigenvalue weighted by atomic mass is 9.98. The van der Waals surface area contributed by atoms with E-state index in [1.54, 1.807) is 13.0 Å². The summed E-state index contributed by atoms with van der Waals surface area (Å²) in [5.41, 5.74) is 4.51. The van der Waals surface area contributed by atoms with Crippen molar-refractivity contribution in [2.75, 3.05) is 13.2 Å². The Kier molecular flexibility index (Phi) is 8.24. The second-order valence-corrected chi connectivity index (χ2v) is 8.22. The molecule has 2 aromatic rings. The molecule has 0 bridgehead atoms. The number of fused-ring (bicyclic) bond motifs is 3. The largest absolute Gasteiger partial charge is 0.481 e. The smallest absolute Gasteiger partial charge is 0.407 e. The van der Waals surface area contributed by atoms with Gasteiger partial charge in [-0.15, -0.1) is 6.58 Å². The molecular formula is C26H30N2O5. The molecule has 0 aliphatic heterocycles. The van der Waals surface area contributed by atoms with E-state index in [9.17, 15) is 14.4 Å². The highest BCUT2D eigenvalue weighted by molar-refractivity contribution is 5.86. The van der Waals surface area contributed by atoms with Crippen LogP contribution < -0.4 is 10.6 Å².